The highest BCUT2D eigenvalue weighted by atomic mass is 32.2. The van der Waals surface area contributed by atoms with E-state index in [1.165, 1.54) is 0 Å². The molecule has 0 N–H and O–H groups in total. The van der Waals surface area contributed by atoms with Crippen molar-refractivity contribution in [3.05, 3.63) is 24.3 Å². The van der Waals surface area contributed by atoms with Crippen molar-refractivity contribution in [2.24, 2.45) is 0 Å². The molecule has 7 nitrogen and oxygen atoms in total. The minimum Gasteiger partial charge on any atom is -0.497 e. The van der Waals surface area contributed by atoms with E-state index in [0.717, 1.165) is 24.5 Å². The molecule has 0 radical (unpaired) electrons. The number of methoxy groups -OCH3 is 1. The molecule has 0 aliphatic carbocycles. The molecule has 2 aliphatic rings. The van der Waals surface area contributed by atoms with Crippen LogP contribution in [0, 0.1) is 12.3 Å². The lowest BCUT2D eigenvalue weighted by atomic mass is 10.2. The second-order valence-electron chi connectivity index (χ2n) is 7.23. The SMILES string of the molecule is C#CCN(CC(=O)N1CCN(c2ccc(OC)cc2)CC1)C1CCS(=O)(=O)C1. The molecule has 2 fully saturated rings. The van der Waals surface area contributed by atoms with E-state index in [-0.39, 0.29) is 36.5 Å². The molecule has 0 aromatic heterocycles. The second-order valence-corrected chi connectivity index (χ2v) is 9.46. The highest BCUT2D eigenvalue weighted by Gasteiger charge is 2.33. The third-order valence-corrected chi connectivity index (χ3v) is 7.18. The average Bonchev–Trinajstić information content (AvgIpc) is 3.07. The number of benzene rings is 1. The Labute approximate surface area is 167 Å². The lowest BCUT2D eigenvalue weighted by molar-refractivity contribution is -0.133. The smallest absolute Gasteiger partial charge is 0.236 e. The maximum atomic E-state index is 12.8. The van der Waals surface area contributed by atoms with Crippen LogP contribution in [0.15, 0.2) is 24.3 Å². The van der Waals surface area contributed by atoms with E-state index in [4.69, 9.17) is 11.2 Å². The van der Waals surface area contributed by atoms with Crippen molar-refractivity contribution < 1.29 is 17.9 Å². The van der Waals surface area contributed by atoms with Gasteiger partial charge in [0.05, 0.1) is 31.7 Å². The van der Waals surface area contributed by atoms with Crippen LogP contribution in [0.4, 0.5) is 5.69 Å². The summed E-state index contributed by atoms with van der Waals surface area (Å²) in [6.07, 6.45) is 5.98. The Morgan fingerprint density at radius 1 is 1.25 bits per heavy atom. The zero-order chi connectivity index (χ0) is 20.1. The fourth-order valence-corrected chi connectivity index (χ4v) is 5.54. The number of hydrogen-bond acceptors (Lipinski definition) is 6. The predicted octanol–water partition coefficient (Wildman–Crippen LogP) is 0.466. The Kier molecular flexibility index (Phi) is 6.47. The number of piperazine rings is 1. The Hall–Kier alpha value is -2.24. The first kappa shape index (κ1) is 20.5. The van der Waals surface area contributed by atoms with Crippen LogP contribution >= 0.6 is 0 Å². The van der Waals surface area contributed by atoms with Gasteiger partial charge in [0, 0.05) is 37.9 Å². The summed E-state index contributed by atoms with van der Waals surface area (Å²) in [6, 6.07) is 7.74. The summed E-state index contributed by atoms with van der Waals surface area (Å²) in [7, 11) is -1.37. The lowest BCUT2D eigenvalue weighted by Crippen LogP contribution is -2.52. The molecule has 8 heteroatoms. The zero-order valence-electron chi connectivity index (χ0n) is 16.2. The average molecular weight is 406 g/mol. The van der Waals surface area contributed by atoms with Gasteiger partial charge in [0.15, 0.2) is 9.84 Å². The number of sulfone groups is 1. The molecule has 0 bridgehead atoms. The van der Waals surface area contributed by atoms with Crippen molar-refractivity contribution >= 4 is 21.4 Å². The Bertz CT molecular complexity index is 824. The quantitative estimate of drug-likeness (QED) is 0.641. The highest BCUT2D eigenvalue weighted by molar-refractivity contribution is 7.91. The number of carbonyl (C=O) groups is 1. The first-order valence-electron chi connectivity index (χ1n) is 9.46. The second kappa shape index (κ2) is 8.84. The van der Waals surface area contributed by atoms with Crippen molar-refractivity contribution in [1.82, 2.24) is 9.80 Å². The van der Waals surface area contributed by atoms with Crippen LogP contribution in [0.5, 0.6) is 5.75 Å². The van der Waals surface area contributed by atoms with Gasteiger partial charge >= 0.3 is 0 Å². The number of rotatable bonds is 6. The van der Waals surface area contributed by atoms with Gasteiger partial charge in [-0.25, -0.2) is 8.42 Å². The van der Waals surface area contributed by atoms with Crippen LogP contribution in [0.1, 0.15) is 6.42 Å². The minimum atomic E-state index is -3.01. The van der Waals surface area contributed by atoms with E-state index in [1.54, 1.807) is 7.11 Å². The van der Waals surface area contributed by atoms with E-state index in [0.29, 0.717) is 19.5 Å². The fraction of sp³-hybridized carbons (Fsp3) is 0.550. The van der Waals surface area contributed by atoms with Crippen LogP contribution in [-0.4, -0.2) is 88.1 Å². The van der Waals surface area contributed by atoms with Gasteiger partial charge in [0.25, 0.3) is 0 Å². The van der Waals surface area contributed by atoms with Crippen molar-refractivity contribution in [2.45, 2.75) is 12.5 Å². The first-order valence-corrected chi connectivity index (χ1v) is 11.3. The summed E-state index contributed by atoms with van der Waals surface area (Å²) in [5.74, 6) is 3.65. The van der Waals surface area contributed by atoms with Crippen LogP contribution in [-0.2, 0) is 14.6 Å². The van der Waals surface area contributed by atoms with Crippen molar-refractivity contribution in [3.8, 4) is 18.1 Å². The van der Waals surface area contributed by atoms with E-state index >= 15 is 0 Å². The van der Waals surface area contributed by atoms with E-state index in [1.807, 2.05) is 34.1 Å². The Balaban J connectivity index is 1.54. The van der Waals surface area contributed by atoms with Gasteiger partial charge < -0.3 is 14.5 Å². The van der Waals surface area contributed by atoms with Crippen molar-refractivity contribution in [2.75, 3.05) is 62.8 Å². The van der Waals surface area contributed by atoms with Crippen LogP contribution in [0.3, 0.4) is 0 Å². The normalized spacial score (nSPS) is 21.5. The van der Waals surface area contributed by atoms with Gasteiger partial charge in [0.2, 0.25) is 5.91 Å². The predicted molar refractivity (Wildman–Crippen MR) is 109 cm³/mol. The summed E-state index contributed by atoms with van der Waals surface area (Å²) in [4.78, 5) is 18.7. The largest absolute Gasteiger partial charge is 0.497 e. The molecule has 28 heavy (non-hydrogen) atoms. The molecule has 2 heterocycles. The van der Waals surface area contributed by atoms with Gasteiger partial charge in [0.1, 0.15) is 5.75 Å². The molecule has 3 rings (SSSR count). The number of hydrogen-bond donors (Lipinski definition) is 0. The summed E-state index contributed by atoms with van der Waals surface area (Å²) in [6.45, 7) is 3.25. The highest BCUT2D eigenvalue weighted by Crippen LogP contribution is 2.21. The molecule has 0 spiro atoms. The van der Waals surface area contributed by atoms with E-state index in [2.05, 4.69) is 10.8 Å². The monoisotopic (exact) mass is 405 g/mol. The third kappa shape index (κ3) is 4.97. The van der Waals surface area contributed by atoms with Crippen LogP contribution < -0.4 is 9.64 Å². The minimum absolute atomic E-state index is 0.00827. The maximum absolute atomic E-state index is 12.8. The fourth-order valence-electron chi connectivity index (χ4n) is 3.78. The summed E-state index contributed by atoms with van der Waals surface area (Å²) >= 11 is 0. The van der Waals surface area contributed by atoms with Gasteiger partial charge in [-0.3, -0.25) is 9.69 Å². The number of anilines is 1. The number of terminal acetylenes is 1. The maximum Gasteiger partial charge on any atom is 0.236 e. The Morgan fingerprint density at radius 3 is 2.46 bits per heavy atom. The van der Waals surface area contributed by atoms with E-state index < -0.39 is 9.84 Å². The summed E-state index contributed by atoms with van der Waals surface area (Å²) in [5, 5.41) is 0. The molecule has 1 aromatic carbocycles. The van der Waals surface area contributed by atoms with Gasteiger partial charge in [-0.2, -0.15) is 0 Å². The Morgan fingerprint density at radius 2 is 1.93 bits per heavy atom. The molecular formula is C20H27N3O4S. The number of nitrogens with zero attached hydrogens (tertiary/aromatic N) is 3. The number of carbonyl (C=O) groups excluding carboxylic acids is 1. The topological polar surface area (TPSA) is 70.2 Å². The molecule has 0 saturated carbocycles. The van der Waals surface area contributed by atoms with Gasteiger partial charge in [-0.15, -0.1) is 6.42 Å². The van der Waals surface area contributed by atoms with Crippen LogP contribution in [0.25, 0.3) is 0 Å². The van der Waals surface area contributed by atoms with Gasteiger partial charge in [-0.05, 0) is 30.7 Å². The van der Waals surface area contributed by atoms with Gasteiger partial charge in [-0.1, -0.05) is 5.92 Å². The molecule has 1 aromatic rings. The van der Waals surface area contributed by atoms with Crippen molar-refractivity contribution in [3.63, 3.8) is 0 Å². The first-order chi connectivity index (χ1) is 13.4. The standard InChI is InChI=1S/C20H27N3O4S/c1-3-9-23(18-8-14-28(25,26)16-18)15-20(24)22-12-10-21(11-13-22)17-4-6-19(27-2)7-5-17/h1,4-7,18H,8-16H2,2H3. The molecular weight excluding hydrogens is 378 g/mol. The summed E-state index contributed by atoms with van der Waals surface area (Å²) in [5.41, 5.74) is 1.11. The molecule has 2 saturated heterocycles. The number of ether oxygens (including phenoxy) is 1. The molecule has 2 aliphatic heterocycles. The summed E-state index contributed by atoms with van der Waals surface area (Å²) < 4.78 is 28.7. The lowest BCUT2D eigenvalue weighted by Gasteiger charge is -2.37. The third-order valence-electron chi connectivity index (χ3n) is 5.43. The molecule has 152 valence electrons. The molecule has 1 atom stereocenters. The number of amides is 1. The zero-order valence-corrected chi connectivity index (χ0v) is 17.0. The van der Waals surface area contributed by atoms with Crippen molar-refractivity contribution in [1.29, 1.82) is 0 Å². The van der Waals surface area contributed by atoms with E-state index in [9.17, 15) is 13.2 Å². The molecule has 1 unspecified atom stereocenters. The molecule has 1 amide bonds. The van der Waals surface area contributed by atoms with Crippen LogP contribution in [0.2, 0.25) is 0 Å².